The van der Waals surface area contributed by atoms with Crippen molar-refractivity contribution in [2.75, 3.05) is 39.0 Å². The van der Waals surface area contributed by atoms with Crippen molar-refractivity contribution in [3.8, 4) is 5.88 Å². The minimum atomic E-state index is -3.22. The van der Waals surface area contributed by atoms with Crippen LogP contribution in [0.5, 0.6) is 5.88 Å². The van der Waals surface area contributed by atoms with E-state index in [1.807, 2.05) is 6.92 Å². The van der Waals surface area contributed by atoms with Crippen LogP contribution in [0.3, 0.4) is 0 Å². The molecule has 2 heterocycles. The lowest BCUT2D eigenvalue weighted by Crippen LogP contribution is -2.37. The summed E-state index contributed by atoms with van der Waals surface area (Å²) < 4.78 is 30.0. The molecule has 8 heteroatoms. The molecule has 1 aliphatic heterocycles. The van der Waals surface area contributed by atoms with Crippen LogP contribution in [0, 0.1) is 0 Å². The van der Waals surface area contributed by atoms with Gasteiger partial charge >= 0.3 is 0 Å². The van der Waals surface area contributed by atoms with E-state index in [0.717, 1.165) is 0 Å². The first kappa shape index (κ1) is 16.7. The third kappa shape index (κ3) is 3.95. The Labute approximate surface area is 130 Å². The zero-order valence-electron chi connectivity index (χ0n) is 12.9. The van der Waals surface area contributed by atoms with E-state index in [4.69, 9.17) is 4.74 Å². The van der Waals surface area contributed by atoms with Gasteiger partial charge in [0.25, 0.3) is 5.91 Å². The first-order chi connectivity index (χ1) is 10.4. The van der Waals surface area contributed by atoms with Crippen molar-refractivity contribution >= 4 is 15.9 Å². The maximum atomic E-state index is 12.6. The molecule has 0 N–H and O–H groups in total. The van der Waals surface area contributed by atoms with Gasteiger partial charge < -0.3 is 9.64 Å². The van der Waals surface area contributed by atoms with Gasteiger partial charge in [0.05, 0.1) is 12.9 Å². The van der Waals surface area contributed by atoms with Crippen molar-refractivity contribution in [3.63, 3.8) is 0 Å². The van der Waals surface area contributed by atoms with Gasteiger partial charge in [0, 0.05) is 32.4 Å². The number of nitrogens with zero attached hydrogens (tertiary/aromatic N) is 3. The largest absolute Gasteiger partial charge is 0.477 e. The molecule has 0 saturated carbocycles. The average Bonchev–Trinajstić information content (AvgIpc) is 2.73. The zero-order chi connectivity index (χ0) is 16.2. The Hall–Kier alpha value is -1.67. The normalized spacial score (nSPS) is 17.1. The Morgan fingerprint density at radius 2 is 2.09 bits per heavy atom. The second kappa shape index (κ2) is 7.06. The van der Waals surface area contributed by atoms with Gasteiger partial charge in [-0.1, -0.05) is 0 Å². The topological polar surface area (TPSA) is 79.8 Å². The van der Waals surface area contributed by atoms with Crippen LogP contribution in [-0.4, -0.2) is 67.6 Å². The van der Waals surface area contributed by atoms with Gasteiger partial charge in [-0.25, -0.2) is 17.7 Å². The van der Waals surface area contributed by atoms with E-state index in [2.05, 4.69) is 4.98 Å². The monoisotopic (exact) mass is 327 g/mol. The minimum Gasteiger partial charge on any atom is -0.477 e. The fourth-order valence-corrected chi connectivity index (χ4v) is 3.28. The van der Waals surface area contributed by atoms with Crippen LogP contribution in [-0.2, 0) is 10.0 Å². The van der Waals surface area contributed by atoms with E-state index in [-0.39, 0.29) is 5.91 Å². The Kier molecular flexibility index (Phi) is 5.36. The molecule has 7 nitrogen and oxygen atoms in total. The number of carbonyl (C=O) groups excluding carboxylic acids is 1. The Morgan fingerprint density at radius 3 is 2.77 bits per heavy atom. The summed E-state index contributed by atoms with van der Waals surface area (Å²) in [4.78, 5) is 18.4. The van der Waals surface area contributed by atoms with E-state index in [1.165, 1.54) is 10.6 Å². The number of hydrogen-bond donors (Lipinski definition) is 0. The Balaban J connectivity index is 2.14. The summed E-state index contributed by atoms with van der Waals surface area (Å²) in [5.74, 6) is 0.145. The van der Waals surface area contributed by atoms with Gasteiger partial charge in [-0.2, -0.15) is 0 Å². The number of carbonyl (C=O) groups is 1. The average molecular weight is 327 g/mol. The smallest absolute Gasteiger partial charge is 0.259 e. The van der Waals surface area contributed by atoms with Gasteiger partial charge in [-0.15, -0.1) is 0 Å². The lowest BCUT2D eigenvalue weighted by molar-refractivity contribution is 0.0759. The van der Waals surface area contributed by atoms with Crippen LogP contribution in [0.2, 0.25) is 0 Å². The molecule has 1 amide bonds. The Morgan fingerprint density at radius 1 is 1.32 bits per heavy atom. The number of pyridine rings is 1. The highest BCUT2D eigenvalue weighted by Gasteiger charge is 2.26. The second-order valence-corrected chi connectivity index (χ2v) is 7.08. The SMILES string of the molecule is CCOc1ncccc1C(=O)N1CCCN(S(C)(=O)=O)CC1. The van der Waals surface area contributed by atoms with Crippen LogP contribution in [0.4, 0.5) is 0 Å². The van der Waals surface area contributed by atoms with E-state index < -0.39 is 10.0 Å². The second-order valence-electron chi connectivity index (χ2n) is 5.10. The molecule has 2 rings (SSSR count). The van der Waals surface area contributed by atoms with Gasteiger partial charge in [0.15, 0.2) is 0 Å². The van der Waals surface area contributed by atoms with Crippen LogP contribution in [0.25, 0.3) is 0 Å². The van der Waals surface area contributed by atoms with Gasteiger partial charge in [0.2, 0.25) is 15.9 Å². The number of hydrogen-bond acceptors (Lipinski definition) is 5. The van der Waals surface area contributed by atoms with Crippen molar-refractivity contribution in [1.29, 1.82) is 0 Å². The molecule has 1 aliphatic rings. The van der Waals surface area contributed by atoms with Gasteiger partial charge in [0.1, 0.15) is 5.56 Å². The number of aromatic nitrogens is 1. The molecule has 1 aromatic rings. The standard InChI is InChI=1S/C14H21N3O4S/c1-3-21-13-12(6-4-7-15-13)14(18)16-8-5-9-17(11-10-16)22(2,19)20/h4,6-7H,3,5,8-11H2,1-2H3. The fourth-order valence-electron chi connectivity index (χ4n) is 2.40. The highest BCUT2D eigenvalue weighted by atomic mass is 32.2. The van der Waals surface area contributed by atoms with E-state index in [1.54, 1.807) is 23.2 Å². The van der Waals surface area contributed by atoms with Crippen LogP contribution < -0.4 is 4.74 Å². The minimum absolute atomic E-state index is 0.174. The maximum absolute atomic E-state index is 12.6. The summed E-state index contributed by atoms with van der Waals surface area (Å²) >= 11 is 0. The van der Waals surface area contributed by atoms with Crippen LogP contribution in [0.15, 0.2) is 18.3 Å². The molecule has 22 heavy (non-hydrogen) atoms. The maximum Gasteiger partial charge on any atom is 0.259 e. The van der Waals surface area contributed by atoms with Crippen molar-refractivity contribution in [1.82, 2.24) is 14.2 Å². The lowest BCUT2D eigenvalue weighted by atomic mass is 10.2. The molecule has 1 saturated heterocycles. The first-order valence-corrected chi connectivity index (χ1v) is 9.10. The highest BCUT2D eigenvalue weighted by molar-refractivity contribution is 7.88. The molecule has 122 valence electrons. The van der Waals surface area contributed by atoms with Crippen molar-refractivity contribution < 1.29 is 17.9 Å². The molecule has 0 bridgehead atoms. The molecule has 1 fully saturated rings. The van der Waals surface area contributed by atoms with E-state index >= 15 is 0 Å². The molecule has 0 unspecified atom stereocenters. The number of ether oxygens (including phenoxy) is 1. The third-order valence-electron chi connectivity index (χ3n) is 3.49. The van der Waals surface area contributed by atoms with Crippen molar-refractivity contribution in [3.05, 3.63) is 23.9 Å². The molecule has 0 radical (unpaired) electrons. The quantitative estimate of drug-likeness (QED) is 0.808. The highest BCUT2D eigenvalue weighted by Crippen LogP contribution is 2.18. The molecular formula is C14H21N3O4S. The summed E-state index contributed by atoms with van der Waals surface area (Å²) in [6.45, 7) is 3.90. The molecule has 0 spiro atoms. The summed E-state index contributed by atoms with van der Waals surface area (Å²) in [6.07, 6.45) is 3.39. The number of rotatable bonds is 4. The summed E-state index contributed by atoms with van der Waals surface area (Å²) in [5, 5.41) is 0. The Bertz CT molecular complexity index is 633. The van der Waals surface area contributed by atoms with E-state index in [9.17, 15) is 13.2 Å². The third-order valence-corrected chi connectivity index (χ3v) is 4.80. The van der Waals surface area contributed by atoms with Crippen molar-refractivity contribution in [2.24, 2.45) is 0 Å². The van der Waals surface area contributed by atoms with Crippen LogP contribution >= 0.6 is 0 Å². The van der Waals surface area contributed by atoms with Crippen LogP contribution in [0.1, 0.15) is 23.7 Å². The predicted molar refractivity (Wildman–Crippen MR) is 82.3 cm³/mol. The first-order valence-electron chi connectivity index (χ1n) is 7.25. The van der Waals surface area contributed by atoms with Gasteiger partial charge in [-0.05, 0) is 25.5 Å². The van der Waals surface area contributed by atoms with Gasteiger partial charge in [-0.3, -0.25) is 4.79 Å². The van der Waals surface area contributed by atoms with Crippen molar-refractivity contribution in [2.45, 2.75) is 13.3 Å². The molecule has 0 aliphatic carbocycles. The lowest BCUT2D eigenvalue weighted by Gasteiger charge is -2.21. The number of amides is 1. The zero-order valence-corrected chi connectivity index (χ0v) is 13.7. The predicted octanol–water partition coefficient (Wildman–Crippen LogP) is 0.588. The molecule has 0 atom stereocenters. The van der Waals surface area contributed by atoms with E-state index in [0.29, 0.717) is 50.7 Å². The fraction of sp³-hybridized carbons (Fsp3) is 0.571. The molecule has 0 aromatic carbocycles. The molecule has 1 aromatic heterocycles. The summed E-state index contributed by atoms with van der Waals surface area (Å²) in [5.41, 5.74) is 0.414. The number of sulfonamides is 1. The summed E-state index contributed by atoms with van der Waals surface area (Å²) in [6, 6.07) is 3.37. The summed E-state index contributed by atoms with van der Waals surface area (Å²) in [7, 11) is -3.22. The molecular weight excluding hydrogens is 306 g/mol.